The number of hydrogen-bond acceptors (Lipinski definition) is 2. The lowest BCUT2D eigenvalue weighted by atomic mass is 9.87. The molecule has 1 aliphatic rings. The number of hydrogen-bond donors (Lipinski definition) is 2. The van der Waals surface area contributed by atoms with E-state index in [9.17, 15) is 5.11 Å². The Labute approximate surface area is 93.1 Å². The Kier molecular flexibility index (Phi) is 2.55. The molecule has 2 atom stereocenters. The minimum absolute atomic E-state index is 0.170. The SMILES string of the molecule is Oc1ccc(C2(O)C=CC=CC2Cl)cc1. The first kappa shape index (κ1) is 10.3. The lowest BCUT2D eigenvalue weighted by molar-refractivity contribution is 0.0951. The molecule has 0 spiro atoms. The van der Waals surface area contributed by atoms with Crippen LogP contribution in [0.4, 0.5) is 0 Å². The van der Waals surface area contributed by atoms with Crippen LogP contribution in [-0.2, 0) is 5.60 Å². The van der Waals surface area contributed by atoms with E-state index in [1.54, 1.807) is 36.4 Å². The van der Waals surface area contributed by atoms with E-state index in [1.165, 1.54) is 12.1 Å². The number of allylic oxidation sites excluding steroid dienone is 2. The molecule has 0 saturated carbocycles. The smallest absolute Gasteiger partial charge is 0.128 e. The van der Waals surface area contributed by atoms with Gasteiger partial charge in [-0.25, -0.2) is 0 Å². The minimum atomic E-state index is -1.19. The molecule has 0 heterocycles. The summed E-state index contributed by atoms with van der Waals surface area (Å²) in [5.41, 5.74) is -0.523. The van der Waals surface area contributed by atoms with Crippen molar-refractivity contribution in [2.75, 3.05) is 0 Å². The summed E-state index contributed by atoms with van der Waals surface area (Å²) in [6, 6.07) is 6.38. The quantitative estimate of drug-likeness (QED) is 0.716. The predicted molar refractivity (Wildman–Crippen MR) is 59.9 cm³/mol. The van der Waals surface area contributed by atoms with Gasteiger partial charge in [-0.1, -0.05) is 30.4 Å². The fourth-order valence-electron chi connectivity index (χ4n) is 1.59. The van der Waals surface area contributed by atoms with Crippen LogP contribution in [0.3, 0.4) is 0 Å². The molecule has 2 N–H and O–H groups in total. The number of halogens is 1. The first-order chi connectivity index (χ1) is 7.13. The zero-order valence-corrected chi connectivity index (χ0v) is 8.72. The second-order valence-electron chi connectivity index (χ2n) is 3.52. The van der Waals surface area contributed by atoms with Crippen molar-refractivity contribution in [2.45, 2.75) is 11.0 Å². The van der Waals surface area contributed by atoms with Crippen LogP contribution in [0.15, 0.2) is 48.6 Å². The molecule has 0 aromatic heterocycles. The molecule has 2 unspecified atom stereocenters. The molecule has 1 aromatic rings. The second kappa shape index (κ2) is 3.72. The van der Waals surface area contributed by atoms with Gasteiger partial charge >= 0.3 is 0 Å². The maximum atomic E-state index is 10.4. The predicted octanol–water partition coefficient (Wildman–Crippen LogP) is 2.31. The highest BCUT2D eigenvalue weighted by atomic mass is 35.5. The highest BCUT2D eigenvalue weighted by Crippen LogP contribution is 2.34. The van der Waals surface area contributed by atoms with Crippen molar-refractivity contribution >= 4 is 11.6 Å². The number of phenolic OH excluding ortho intramolecular Hbond substituents is 1. The van der Waals surface area contributed by atoms with E-state index in [0.717, 1.165) is 0 Å². The van der Waals surface area contributed by atoms with E-state index in [0.29, 0.717) is 5.56 Å². The van der Waals surface area contributed by atoms with Gasteiger partial charge in [0.1, 0.15) is 11.4 Å². The topological polar surface area (TPSA) is 40.5 Å². The molecule has 0 radical (unpaired) electrons. The zero-order valence-electron chi connectivity index (χ0n) is 7.97. The molecule has 1 aromatic carbocycles. The van der Waals surface area contributed by atoms with Crippen molar-refractivity contribution in [1.82, 2.24) is 0 Å². The monoisotopic (exact) mass is 222 g/mol. The summed E-state index contributed by atoms with van der Waals surface area (Å²) in [5.74, 6) is 0.170. The Morgan fingerprint density at radius 3 is 2.40 bits per heavy atom. The molecule has 0 fully saturated rings. The fourth-order valence-corrected chi connectivity index (χ4v) is 1.87. The first-order valence-electron chi connectivity index (χ1n) is 4.65. The van der Waals surface area contributed by atoms with Crippen LogP contribution in [0.5, 0.6) is 5.75 Å². The Bertz CT molecular complexity index is 408. The number of phenols is 1. The lowest BCUT2D eigenvalue weighted by Gasteiger charge is -2.30. The third kappa shape index (κ3) is 1.78. The summed E-state index contributed by atoms with van der Waals surface area (Å²) >= 11 is 6.05. The molecule has 3 heteroatoms. The Morgan fingerprint density at radius 1 is 1.13 bits per heavy atom. The molecule has 1 aliphatic carbocycles. The maximum Gasteiger partial charge on any atom is 0.128 e. The van der Waals surface area contributed by atoms with Crippen molar-refractivity contribution in [2.24, 2.45) is 0 Å². The standard InChI is InChI=1S/C12H11ClO2/c13-11-3-1-2-8-12(11,15)9-4-6-10(14)7-5-9/h1-8,11,14-15H. The third-order valence-corrected chi connectivity index (χ3v) is 2.97. The molecule has 78 valence electrons. The average molecular weight is 223 g/mol. The van der Waals surface area contributed by atoms with E-state index in [4.69, 9.17) is 16.7 Å². The van der Waals surface area contributed by atoms with Crippen molar-refractivity contribution in [3.05, 3.63) is 54.1 Å². The molecule has 0 saturated heterocycles. The van der Waals surface area contributed by atoms with Crippen molar-refractivity contribution in [3.8, 4) is 5.75 Å². The maximum absolute atomic E-state index is 10.4. The Morgan fingerprint density at radius 2 is 1.80 bits per heavy atom. The highest BCUT2D eigenvalue weighted by molar-refractivity contribution is 6.23. The minimum Gasteiger partial charge on any atom is -0.508 e. The van der Waals surface area contributed by atoms with Crippen LogP contribution in [0.1, 0.15) is 5.56 Å². The van der Waals surface area contributed by atoms with Gasteiger partial charge in [0, 0.05) is 0 Å². The molecule has 15 heavy (non-hydrogen) atoms. The number of aliphatic hydroxyl groups is 1. The third-order valence-electron chi connectivity index (χ3n) is 2.49. The molecule has 2 rings (SSSR count). The largest absolute Gasteiger partial charge is 0.508 e. The fraction of sp³-hybridized carbons (Fsp3) is 0.167. The van der Waals surface area contributed by atoms with E-state index < -0.39 is 11.0 Å². The Hall–Kier alpha value is -1.25. The average Bonchev–Trinajstić information content (AvgIpc) is 2.23. The Balaban J connectivity index is 2.41. The number of benzene rings is 1. The molecule has 0 bridgehead atoms. The van der Waals surface area contributed by atoms with E-state index in [-0.39, 0.29) is 5.75 Å². The van der Waals surface area contributed by atoms with Gasteiger partial charge in [-0.2, -0.15) is 0 Å². The van der Waals surface area contributed by atoms with Crippen LogP contribution >= 0.6 is 11.6 Å². The van der Waals surface area contributed by atoms with Gasteiger partial charge in [-0.05, 0) is 23.8 Å². The lowest BCUT2D eigenvalue weighted by Crippen LogP contribution is -2.33. The van der Waals surface area contributed by atoms with Crippen LogP contribution in [0.25, 0.3) is 0 Å². The summed E-state index contributed by atoms with van der Waals surface area (Å²) in [5, 5.41) is 19.0. The normalized spacial score (nSPS) is 29.3. The van der Waals surface area contributed by atoms with Crippen LogP contribution in [0.2, 0.25) is 0 Å². The van der Waals surface area contributed by atoms with Crippen molar-refractivity contribution in [1.29, 1.82) is 0 Å². The van der Waals surface area contributed by atoms with Gasteiger partial charge in [0.25, 0.3) is 0 Å². The zero-order chi connectivity index (χ0) is 10.9. The molecular weight excluding hydrogens is 212 g/mol. The van der Waals surface area contributed by atoms with E-state index >= 15 is 0 Å². The molecule has 0 aliphatic heterocycles. The van der Waals surface area contributed by atoms with Crippen LogP contribution in [-0.4, -0.2) is 15.6 Å². The summed E-state index contributed by atoms with van der Waals surface area (Å²) in [6.07, 6.45) is 6.93. The summed E-state index contributed by atoms with van der Waals surface area (Å²) < 4.78 is 0. The van der Waals surface area contributed by atoms with Gasteiger partial charge in [-0.15, -0.1) is 11.6 Å². The highest BCUT2D eigenvalue weighted by Gasteiger charge is 2.34. The van der Waals surface area contributed by atoms with Crippen LogP contribution in [0, 0.1) is 0 Å². The second-order valence-corrected chi connectivity index (χ2v) is 3.99. The molecule has 0 amide bonds. The van der Waals surface area contributed by atoms with E-state index in [2.05, 4.69) is 0 Å². The molecule has 2 nitrogen and oxygen atoms in total. The summed E-state index contributed by atoms with van der Waals surface area (Å²) in [4.78, 5) is 0. The summed E-state index contributed by atoms with van der Waals surface area (Å²) in [7, 11) is 0. The number of alkyl halides is 1. The first-order valence-corrected chi connectivity index (χ1v) is 5.08. The number of aromatic hydroxyl groups is 1. The van der Waals surface area contributed by atoms with Crippen LogP contribution < -0.4 is 0 Å². The number of rotatable bonds is 1. The molecular formula is C12H11ClO2. The van der Waals surface area contributed by atoms with Gasteiger partial charge in [0.05, 0.1) is 5.38 Å². The summed E-state index contributed by atoms with van der Waals surface area (Å²) in [6.45, 7) is 0. The van der Waals surface area contributed by atoms with Gasteiger partial charge in [-0.3, -0.25) is 0 Å². The van der Waals surface area contributed by atoms with Gasteiger partial charge < -0.3 is 10.2 Å². The van der Waals surface area contributed by atoms with Crippen molar-refractivity contribution in [3.63, 3.8) is 0 Å². The van der Waals surface area contributed by atoms with E-state index in [1.807, 2.05) is 0 Å². The van der Waals surface area contributed by atoms with Gasteiger partial charge in [0.2, 0.25) is 0 Å². The van der Waals surface area contributed by atoms with Gasteiger partial charge in [0.15, 0.2) is 0 Å². The van der Waals surface area contributed by atoms with Crippen molar-refractivity contribution < 1.29 is 10.2 Å².